The van der Waals surface area contributed by atoms with Crippen molar-refractivity contribution in [1.29, 1.82) is 0 Å². The van der Waals surface area contributed by atoms with Gasteiger partial charge in [0.1, 0.15) is 6.33 Å². The monoisotopic (exact) mass is 361 g/mol. The summed E-state index contributed by atoms with van der Waals surface area (Å²) in [4.78, 5) is 10.5. The molecule has 1 aromatic carbocycles. The van der Waals surface area contributed by atoms with Crippen molar-refractivity contribution in [2.24, 2.45) is 0 Å². The molecule has 1 fully saturated rings. The van der Waals surface area contributed by atoms with Gasteiger partial charge in [0.05, 0.1) is 0 Å². The van der Waals surface area contributed by atoms with Gasteiger partial charge in [0, 0.05) is 18.2 Å². The van der Waals surface area contributed by atoms with Gasteiger partial charge in [0.15, 0.2) is 5.69 Å². The van der Waals surface area contributed by atoms with Crippen LogP contribution in [0.1, 0.15) is 35.7 Å². The fourth-order valence-corrected chi connectivity index (χ4v) is 3.47. The summed E-state index contributed by atoms with van der Waals surface area (Å²) in [6.45, 7) is 2.53. The molecule has 1 aliphatic heterocycles. The first kappa shape index (κ1) is 17.0. The predicted octanol–water partition coefficient (Wildman–Crippen LogP) is 3.52. The topological polar surface area (TPSA) is 46.3 Å². The summed E-state index contributed by atoms with van der Waals surface area (Å²) in [6, 6.07) is 11.3. The van der Waals surface area contributed by atoms with E-state index in [1.807, 2.05) is 18.2 Å². The summed E-state index contributed by atoms with van der Waals surface area (Å²) in [6.07, 6.45) is -1.83. The van der Waals surface area contributed by atoms with E-state index in [1.54, 1.807) is 0 Å². The number of fused-ring (bicyclic) bond motifs is 1. The molecule has 3 aromatic rings. The zero-order valence-corrected chi connectivity index (χ0v) is 14.0. The molecule has 8 heteroatoms. The van der Waals surface area contributed by atoms with Crippen LogP contribution in [0.2, 0.25) is 0 Å². The van der Waals surface area contributed by atoms with Gasteiger partial charge < -0.3 is 0 Å². The number of rotatable bonds is 3. The lowest BCUT2D eigenvalue weighted by molar-refractivity contribution is -0.142. The zero-order valence-electron chi connectivity index (χ0n) is 14.0. The molecule has 2 aromatic heterocycles. The Morgan fingerprint density at radius 1 is 1.08 bits per heavy atom. The van der Waals surface area contributed by atoms with Crippen LogP contribution in [0.5, 0.6) is 0 Å². The third kappa shape index (κ3) is 3.41. The zero-order chi connectivity index (χ0) is 18.1. The van der Waals surface area contributed by atoms with Gasteiger partial charge in [0.25, 0.3) is 5.78 Å². The molecule has 0 saturated carbocycles. The standard InChI is InChI=1S/C18H18F3N5/c19-18(20,21)16-10-15(24-17-22-12-23-26(16)17)14-6-8-25(9-7-14)11-13-4-2-1-3-5-13/h1-5,10,12,14H,6-9,11H2. The van der Waals surface area contributed by atoms with Gasteiger partial charge in [-0.2, -0.15) is 27.8 Å². The first-order valence-electron chi connectivity index (χ1n) is 8.55. The van der Waals surface area contributed by atoms with E-state index in [4.69, 9.17) is 0 Å². The molecule has 0 atom stereocenters. The Morgan fingerprint density at radius 3 is 2.50 bits per heavy atom. The molecule has 0 radical (unpaired) electrons. The number of nitrogens with zero attached hydrogens (tertiary/aromatic N) is 5. The molecule has 0 unspecified atom stereocenters. The van der Waals surface area contributed by atoms with Crippen molar-refractivity contribution < 1.29 is 13.2 Å². The number of aromatic nitrogens is 4. The number of hydrogen-bond acceptors (Lipinski definition) is 4. The lowest BCUT2D eigenvalue weighted by atomic mass is 9.92. The summed E-state index contributed by atoms with van der Waals surface area (Å²) in [5.41, 5.74) is 0.882. The van der Waals surface area contributed by atoms with E-state index in [0.29, 0.717) is 5.69 Å². The third-order valence-electron chi connectivity index (χ3n) is 4.82. The first-order chi connectivity index (χ1) is 12.5. The Balaban J connectivity index is 1.51. The first-order valence-corrected chi connectivity index (χ1v) is 8.55. The Kier molecular flexibility index (Phi) is 4.36. The summed E-state index contributed by atoms with van der Waals surface area (Å²) in [5, 5.41) is 3.65. The summed E-state index contributed by atoms with van der Waals surface area (Å²) >= 11 is 0. The van der Waals surface area contributed by atoms with Crippen molar-refractivity contribution in [2.75, 3.05) is 13.1 Å². The van der Waals surface area contributed by atoms with Crippen LogP contribution in [0.15, 0.2) is 42.7 Å². The minimum atomic E-state index is -4.49. The largest absolute Gasteiger partial charge is 0.433 e. The second kappa shape index (κ2) is 6.68. The Hall–Kier alpha value is -2.48. The van der Waals surface area contributed by atoms with E-state index in [9.17, 15) is 13.2 Å². The molecule has 136 valence electrons. The second-order valence-corrected chi connectivity index (χ2v) is 6.57. The summed E-state index contributed by atoms with van der Waals surface area (Å²) in [5.74, 6) is 0.00589. The number of piperidine rings is 1. The summed E-state index contributed by atoms with van der Waals surface area (Å²) < 4.78 is 40.7. The van der Waals surface area contributed by atoms with Crippen LogP contribution in [0.4, 0.5) is 13.2 Å². The number of alkyl halides is 3. The van der Waals surface area contributed by atoms with Crippen LogP contribution in [0.25, 0.3) is 5.78 Å². The maximum absolute atomic E-state index is 13.3. The predicted molar refractivity (Wildman–Crippen MR) is 89.5 cm³/mol. The van der Waals surface area contributed by atoms with Gasteiger partial charge in [-0.05, 0) is 37.6 Å². The van der Waals surface area contributed by atoms with Crippen molar-refractivity contribution in [3.63, 3.8) is 0 Å². The average Bonchev–Trinajstić information content (AvgIpc) is 3.10. The lowest BCUT2D eigenvalue weighted by Crippen LogP contribution is -2.33. The molecule has 3 heterocycles. The number of benzene rings is 1. The fourth-order valence-electron chi connectivity index (χ4n) is 3.47. The molecule has 0 spiro atoms. The van der Waals surface area contributed by atoms with E-state index in [2.05, 4.69) is 32.1 Å². The van der Waals surface area contributed by atoms with E-state index < -0.39 is 11.9 Å². The van der Waals surface area contributed by atoms with E-state index in [0.717, 1.165) is 49.4 Å². The normalized spacial score (nSPS) is 17.0. The molecule has 1 aliphatic rings. The van der Waals surface area contributed by atoms with Crippen LogP contribution in [-0.2, 0) is 12.7 Å². The van der Waals surface area contributed by atoms with Gasteiger partial charge >= 0.3 is 6.18 Å². The van der Waals surface area contributed by atoms with Crippen molar-refractivity contribution in [3.8, 4) is 0 Å². The van der Waals surface area contributed by atoms with Gasteiger partial charge in [0.2, 0.25) is 0 Å². The van der Waals surface area contributed by atoms with Crippen molar-refractivity contribution in [1.82, 2.24) is 24.5 Å². The lowest BCUT2D eigenvalue weighted by Gasteiger charge is -2.31. The highest BCUT2D eigenvalue weighted by Crippen LogP contribution is 2.33. The quantitative estimate of drug-likeness (QED) is 0.716. The highest BCUT2D eigenvalue weighted by Gasteiger charge is 2.36. The molecule has 0 N–H and O–H groups in total. The van der Waals surface area contributed by atoms with Crippen LogP contribution in [0, 0.1) is 0 Å². The van der Waals surface area contributed by atoms with Crippen LogP contribution < -0.4 is 0 Å². The molecule has 1 saturated heterocycles. The molecule has 0 bridgehead atoms. The number of likely N-dealkylation sites (tertiary alicyclic amines) is 1. The SMILES string of the molecule is FC(F)(F)c1cc(C2CCN(Cc3ccccc3)CC2)nc2ncnn12. The molecule has 5 nitrogen and oxygen atoms in total. The maximum Gasteiger partial charge on any atom is 0.433 e. The fraction of sp³-hybridized carbons (Fsp3) is 0.389. The Bertz CT molecular complexity index is 883. The molecule has 26 heavy (non-hydrogen) atoms. The third-order valence-corrected chi connectivity index (χ3v) is 4.82. The Labute approximate surface area is 148 Å². The van der Waals surface area contributed by atoms with E-state index in [1.165, 1.54) is 5.56 Å². The van der Waals surface area contributed by atoms with Crippen molar-refractivity contribution in [3.05, 3.63) is 59.7 Å². The number of halogens is 3. The van der Waals surface area contributed by atoms with Crippen LogP contribution >= 0.6 is 0 Å². The second-order valence-electron chi connectivity index (χ2n) is 6.57. The van der Waals surface area contributed by atoms with Gasteiger partial charge in [-0.1, -0.05) is 30.3 Å². The smallest absolute Gasteiger partial charge is 0.299 e. The molecule has 0 aliphatic carbocycles. The molecule has 0 amide bonds. The van der Waals surface area contributed by atoms with Gasteiger partial charge in [-0.25, -0.2) is 4.98 Å². The highest BCUT2D eigenvalue weighted by atomic mass is 19.4. The molecular weight excluding hydrogens is 343 g/mol. The van der Waals surface area contributed by atoms with Gasteiger partial charge in [-0.3, -0.25) is 4.90 Å². The minimum Gasteiger partial charge on any atom is -0.299 e. The highest BCUT2D eigenvalue weighted by molar-refractivity contribution is 5.33. The van der Waals surface area contributed by atoms with Crippen molar-refractivity contribution >= 4 is 5.78 Å². The maximum atomic E-state index is 13.3. The van der Waals surface area contributed by atoms with Crippen LogP contribution in [-0.4, -0.2) is 37.6 Å². The summed E-state index contributed by atoms with van der Waals surface area (Å²) in [7, 11) is 0. The molecule has 4 rings (SSSR count). The van der Waals surface area contributed by atoms with E-state index in [-0.39, 0.29) is 11.7 Å². The van der Waals surface area contributed by atoms with Crippen molar-refractivity contribution in [2.45, 2.75) is 31.5 Å². The Morgan fingerprint density at radius 2 is 1.81 bits per heavy atom. The average molecular weight is 361 g/mol. The van der Waals surface area contributed by atoms with Gasteiger partial charge in [-0.15, -0.1) is 0 Å². The van der Waals surface area contributed by atoms with E-state index >= 15 is 0 Å². The minimum absolute atomic E-state index is 0.00143. The number of hydrogen-bond donors (Lipinski definition) is 0. The van der Waals surface area contributed by atoms with Crippen LogP contribution in [0.3, 0.4) is 0 Å². The molecular formula is C18H18F3N5.